The molecule has 0 fully saturated rings. The van der Waals surface area contributed by atoms with Crippen molar-refractivity contribution in [3.8, 4) is 5.75 Å². The lowest BCUT2D eigenvalue weighted by Crippen LogP contribution is -2.25. The number of halogens is 3. The molecule has 1 amide bonds. The summed E-state index contributed by atoms with van der Waals surface area (Å²) in [6, 6.07) is 7.34. The van der Waals surface area contributed by atoms with Crippen LogP contribution in [0.2, 0.25) is 5.02 Å². The van der Waals surface area contributed by atoms with Crippen molar-refractivity contribution in [3.63, 3.8) is 0 Å². The lowest BCUT2D eigenvalue weighted by molar-refractivity contribution is 0.0951. The van der Waals surface area contributed by atoms with Gasteiger partial charge < -0.3 is 10.4 Å². The van der Waals surface area contributed by atoms with E-state index in [9.17, 15) is 18.7 Å². The number of nitrogens with one attached hydrogen (secondary N) is 1. The van der Waals surface area contributed by atoms with Gasteiger partial charge in [-0.05, 0) is 42.3 Å². The van der Waals surface area contributed by atoms with Crippen LogP contribution in [0, 0.1) is 11.6 Å². The maximum absolute atomic E-state index is 13.0. The minimum absolute atomic E-state index is 0.0878. The van der Waals surface area contributed by atoms with Gasteiger partial charge in [-0.15, -0.1) is 0 Å². The Morgan fingerprint density at radius 2 is 1.81 bits per heavy atom. The lowest BCUT2D eigenvalue weighted by atomic mass is 10.1. The molecule has 2 rings (SSSR count). The summed E-state index contributed by atoms with van der Waals surface area (Å²) in [5, 5.41) is 12.5. The first kappa shape index (κ1) is 15.3. The molecule has 0 atom stereocenters. The summed E-state index contributed by atoms with van der Waals surface area (Å²) in [6.45, 7) is 0.184. The summed E-state index contributed by atoms with van der Waals surface area (Å²) >= 11 is 5.67. The van der Waals surface area contributed by atoms with Crippen LogP contribution in [0.25, 0.3) is 0 Å². The maximum Gasteiger partial charge on any atom is 0.255 e. The second-order valence-corrected chi connectivity index (χ2v) is 4.88. The molecule has 0 aliphatic carbocycles. The fourth-order valence-electron chi connectivity index (χ4n) is 1.87. The van der Waals surface area contributed by atoms with Gasteiger partial charge in [0, 0.05) is 17.6 Å². The standard InChI is InChI=1S/C15H12ClF2NO2/c16-10-1-2-13(14(20)7-10)15(21)19-4-3-9-5-11(17)8-12(18)6-9/h1-2,5-8,20H,3-4H2,(H,19,21). The number of carbonyl (C=O) groups is 1. The van der Waals surface area contributed by atoms with Gasteiger partial charge in [-0.25, -0.2) is 8.78 Å². The Kier molecular flexibility index (Phi) is 4.75. The Morgan fingerprint density at radius 3 is 2.43 bits per heavy atom. The molecule has 110 valence electrons. The molecule has 0 heterocycles. The summed E-state index contributed by atoms with van der Waals surface area (Å²) in [5.74, 6) is -2.03. The average Bonchev–Trinajstić information content (AvgIpc) is 2.37. The zero-order valence-electron chi connectivity index (χ0n) is 10.9. The first-order valence-corrected chi connectivity index (χ1v) is 6.55. The molecule has 0 aromatic heterocycles. The highest BCUT2D eigenvalue weighted by atomic mass is 35.5. The Hall–Kier alpha value is -2.14. The van der Waals surface area contributed by atoms with Crippen molar-refractivity contribution >= 4 is 17.5 Å². The number of carbonyl (C=O) groups excluding carboxylic acids is 1. The van der Waals surface area contributed by atoms with Gasteiger partial charge in [0.2, 0.25) is 0 Å². The predicted molar refractivity (Wildman–Crippen MR) is 75.5 cm³/mol. The smallest absolute Gasteiger partial charge is 0.255 e. The molecule has 2 N–H and O–H groups in total. The van der Waals surface area contributed by atoms with Gasteiger partial charge in [-0.2, -0.15) is 0 Å². The van der Waals surface area contributed by atoms with Crippen LogP contribution in [0.15, 0.2) is 36.4 Å². The second-order valence-electron chi connectivity index (χ2n) is 4.45. The van der Waals surface area contributed by atoms with Crippen LogP contribution in [-0.2, 0) is 6.42 Å². The molecule has 2 aromatic rings. The van der Waals surface area contributed by atoms with E-state index in [1.807, 2.05) is 0 Å². The van der Waals surface area contributed by atoms with Crippen molar-refractivity contribution in [1.82, 2.24) is 5.32 Å². The average molecular weight is 312 g/mol. The largest absolute Gasteiger partial charge is 0.507 e. The monoisotopic (exact) mass is 311 g/mol. The second kappa shape index (κ2) is 6.54. The number of hydrogen-bond acceptors (Lipinski definition) is 2. The molecule has 0 saturated carbocycles. The third kappa shape index (κ3) is 4.16. The molecule has 0 bridgehead atoms. The van der Waals surface area contributed by atoms with Crippen molar-refractivity contribution in [2.45, 2.75) is 6.42 Å². The first-order chi connectivity index (χ1) is 9.95. The molecule has 0 radical (unpaired) electrons. The zero-order valence-corrected chi connectivity index (χ0v) is 11.6. The van der Waals surface area contributed by atoms with Crippen molar-refractivity contribution in [1.29, 1.82) is 0 Å². The van der Waals surface area contributed by atoms with Crippen LogP contribution >= 0.6 is 11.6 Å². The number of aromatic hydroxyl groups is 1. The van der Waals surface area contributed by atoms with Gasteiger partial charge in [0.1, 0.15) is 17.4 Å². The Balaban J connectivity index is 1.95. The Labute approximate surface area is 125 Å². The van der Waals surface area contributed by atoms with Crippen LogP contribution < -0.4 is 5.32 Å². The Bertz CT molecular complexity index is 656. The molecule has 0 aliphatic heterocycles. The molecular weight excluding hydrogens is 300 g/mol. The Morgan fingerprint density at radius 1 is 1.14 bits per heavy atom. The van der Waals surface area contributed by atoms with Gasteiger partial charge >= 0.3 is 0 Å². The summed E-state index contributed by atoms with van der Waals surface area (Å²) in [4.78, 5) is 11.8. The quantitative estimate of drug-likeness (QED) is 0.910. The van der Waals surface area contributed by atoms with Crippen LogP contribution in [0.1, 0.15) is 15.9 Å². The summed E-state index contributed by atoms with van der Waals surface area (Å²) in [7, 11) is 0. The topological polar surface area (TPSA) is 49.3 Å². The van der Waals surface area contributed by atoms with E-state index in [0.29, 0.717) is 10.6 Å². The van der Waals surface area contributed by atoms with E-state index in [-0.39, 0.29) is 24.3 Å². The molecule has 0 spiro atoms. The SMILES string of the molecule is O=C(NCCc1cc(F)cc(F)c1)c1ccc(Cl)cc1O. The van der Waals surface area contributed by atoms with Crippen LogP contribution in [-0.4, -0.2) is 17.6 Å². The minimum atomic E-state index is -0.660. The third-order valence-corrected chi connectivity index (χ3v) is 3.06. The van der Waals surface area contributed by atoms with E-state index in [4.69, 9.17) is 11.6 Å². The number of hydrogen-bond donors (Lipinski definition) is 2. The number of amides is 1. The van der Waals surface area contributed by atoms with Gasteiger partial charge in [-0.3, -0.25) is 4.79 Å². The molecular formula is C15H12ClF2NO2. The van der Waals surface area contributed by atoms with Crippen LogP contribution in [0.4, 0.5) is 8.78 Å². The van der Waals surface area contributed by atoms with E-state index in [1.54, 1.807) is 0 Å². The van der Waals surface area contributed by atoms with Gasteiger partial charge in [-0.1, -0.05) is 11.6 Å². The fraction of sp³-hybridized carbons (Fsp3) is 0.133. The highest BCUT2D eigenvalue weighted by Gasteiger charge is 2.11. The van der Waals surface area contributed by atoms with E-state index < -0.39 is 17.5 Å². The minimum Gasteiger partial charge on any atom is -0.507 e. The normalized spacial score (nSPS) is 10.4. The number of phenolic OH excluding ortho intramolecular Hbond substituents is 1. The summed E-state index contributed by atoms with van der Waals surface area (Å²) < 4.78 is 26.0. The molecule has 21 heavy (non-hydrogen) atoms. The van der Waals surface area contributed by atoms with E-state index in [0.717, 1.165) is 6.07 Å². The summed E-state index contributed by atoms with van der Waals surface area (Å²) in [6.07, 6.45) is 0.273. The molecule has 0 saturated heterocycles. The number of rotatable bonds is 4. The number of phenols is 1. The van der Waals surface area contributed by atoms with Crippen molar-refractivity contribution in [3.05, 3.63) is 64.2 Å². The van der Waals surface area contributed by atoms with Gasteiger partial charge in [0.05, 0.1) is 5.56 Å². The molecule has 3 nitrogen and oxygen atoms in total. The number of benzene rings is 2. The molecule has 0 unspecified atom stereocenters. The van der Waals surface area contributed by atoms with E-state index in [1.165, 1.54) is 30.3 Å². The van der Waals surface area contributed by atoms with E-state index >= 15 is 0 Å². The highest BCUT2D eigenvalue weighted by molar-refractivity contribution is 6.30. The predicted octanol–water partition coefficient (Wildman–Crippen LogP) is 3.30. The van der Waals surface area contributed by atoms with E-state index in [2.05, 4.69) is 5.32 Å². The van der Waals surface area contributed by atoms with Gasteiger partial charge in [0.25, 0.3) is 5.91 Å². The van der Waals surface area contributed by atoms with Crippen LogP contribution in [0.3, 0.4) is 0 Å². The van der Waals surface area contributed by atoms with Crippen molar-refractivity contribution in [2.75, 3.05) is 6.54 Å². The van der Waals surface area contributed by atoms with Crippen LogP contribution in [0.5, 0.6) is 5.75 Å². The fourth-order valence-corrected chi connectivity index (χ4v) is 2.03. The zero-order chi connectivity index (χ0) is 15.4. The lowest BCUT2D eigenvalue weighted by Gasteiger charge is -2.07. The highest BCUT2D eigenvalue weighted by Crippen LogP contribution is 2.21. The molecule has 2 aromatic carbocycles. The van der Waals surface area contributed by atoms with Crippen molar-refractivity contribution in [2.24, 2.45) is 0 Å². The first-order valence-electron chi connectivity index (χ1n) is 6.17. The third-order valence-electron chi connectivity index (χ3n) is 2.83. The summed E-state index contributed by atoms with van der Waals surface area (Å²) in [5.41, 5.74) is 0.526. The maximum atomic E-state index is 13.0. The molecule has 0 aliphatic rings. The van der Waals surface area contributed by atoms with Crippen molar-refractivity contribution < 1.29 is 18.7 Å². The molecule has 6 heteroatoms. The van der Waals surface area contributed by atoms with Gasteiger partial charge in [0.15, 0.2) is 0 Å².